The van der Waals surface area contributed by atoms with E-state index in [9.17, 15) is 9.59 Å². The highest BCUT2D eigenvalue weighted by atomic mass is 16.2. The number of hydrogen-bond donors (Lipinski definition) is 1. The molecule has 0 bridgehead atoms. The summed E-state index contributed by atoms with van der Waals surface area (Å²) in [5.41, 5.74) is 2.07. The molecule has 1 N–H and O–H groups in total. The first-order valence-electron chi connectivity index (χ1n) is 11.5. The van der Waals surface area contributed by atoms with E-state index in [2.05, 4.69) is 10.2 Å². The Hall–Kier alpha value is -1.88. The fourth-order valence-electron chi connectivity index (χ4n) is 5.17. The molecule has 2 amide bonds. The summed E-state index contributed by atoms with van der Waals surface area (Å²) in [6.45, 7) is 5.94. The van der Waals surface area contributed by atoms with Crippen molar-refractivity contribution in [3.63, 3.8) is 0 Å². The van der Waals surface area contributed by atoms with Crippen molar-refractivity contribution < 1.29 is 9.59 Å². The molecular weight excluding hydrogens is 362 g/mol. The topological polar surface area (TPSA) is 52.7 Å². The van der Waals surface area contributed by atoms with E-state index in [0.717, 1.165) is 37.5 Å². The third kappa shape index (κ3) is 5.19. The summed E-state index contributed by atoms with van der Waals surface area (Å²) in [4.78, 5) is 29.6. The number of amides is 2. The lowest BCUT2D eigenvalue weighted by atomic mass is 9.88. The minimum atomic E-state index is -0.232. The van der Waals surface area contributed by atoms with Crippen molar-refractivity contribution in [3.05, 3.63) is 29.8 Å². The Morgan fingerprint density at radius 3 is 2.41 bits per heavy atom. The van der Waals surface area contributed by atoms with Gasteiger partial charge in [-0.2, -0.15) is 0 Å². The van der Waals surface area contributed by atoms with Crippen molar-refractivity contribution in [3.8, 4) is 0 Å². The first kappa shape index (κ1) is 20.4. The molecule has 1 aliphatic carbocycles. The maximum absolute atomic E-state index is 12.8. The fraction of sp³-hybridized carbons (Fsp3) is 0.667. The molecule has 29 heavy (non-hydrogen) atoms. The summed E-state index contributed by atoms with van der Waals surface area (Å²) in [5, 5.41) is 3.24. The van der Waals surface area contributed by atoms with Crippen molar-refractivity contribution in [1.29, 1.82) is 0 Å². The lowest BCUT2D eigenvalue weighted by Gasteiger charge is -2.35. The van der Waals surface area contributed by atoms with Gasteiger partial charge in [0.05, 0.1) is 5.92 Å². The molecule has 3 fully saturated rings. The average Bonchev–Trinajstić information content (AvgIpc) is 3.13. The molecule has 3 aliphatic rings. The van der Waals surface area contributed by atoms with E-state index in [-0.39, 0.29) is 23.8 Å². The second-order valence-electron chi connectivity index (χ2n) is 9.33. The number of carbonyl (C=O) groups excluding carboxylic acids is 2. The summed E-state index contributed by atoms with van der Waals surface area (Å²) in [6, 6.07) is 8.22. The lowest BCUT2D eigenvalue weighted by molar-refractivity contribution is -0.127. The van der Waals surface area contributed by atoms with Crippen molar-refractivity contribution in [2.24, 2.45) is 11.8 Å². The van der Waals surface area contributed by atoms with Crippen LogP contribution in [-0.2, 0) is 9.59 Å². The highest BCUT2D eigenvalue weighted by molar-refractivity contribution is 6.00. The standard InChI is InChI=1S/C24H35N3O2/c1-18-7-9-22(10-8-18)27-17-20(15-23(27)28)24(29)25-21-11-13-26(14-12-21)16-19-5-3-2-4-6-19/h7-10,19-21H,2-6,11-17H2,1H3,(H,25,29). The molecule has 5 nitrogen and oxygen atoms in total. The van der Waals surface area contributed by atoms with Crippen molar-refractivity contribution in [2.75, 3.05) is 31.1 Å². The van der Waals surface area contributed by atoms with Gasteiger partial charge in [0, 0.05) is 44.3 Å². The van der Waals surface area contributed by atoms with Gasteiger partial charge in [0.15, 0.2) is 0 Å². The second kappa shape index (κ2) is 9.29. The van der Waals surface area contributed by atoms with E-state index < -0.39 is 0 Å². The predicted octanol–water partition coefficient (Wildman–Crippen LogP) is 3.51. The van der Waals surface area contributed by atoms with Crippen molar-refractivity contribution in [1.82, 2.24) is 10.2 Å². The van der Waals surface area contributed by atoms with Gasteiger partial charge in [0.25, 0.3) is 0 Å². The number of anilines is 1. The Labute approximate surface area is 174 Å². The van der Waals surface area contributed by atoms with Gasteiger partial charge in [-0.05, 0) is 50.7 Å². The third-order valence-electron chi connectivity index (χ3n) is 7.02. The normalized spacial score (nSPS) is 24.8. The minimum Gasteiger partial charge on any atom is -0.353 e. The van der Waals surface area contributed by atoms with Crippen LogP contribution in [0.4, 0.5) is 5.69 Å². The van der Waals surface area contributed by atoms with Gasteiger partial charge >= 0.3 is 0 Å². The smallest absolute Gasteiger partial charge is 0.227 e. The number of hydrogen-bond acceptors (Lipinski definition) is 3. The van der Waals surface area contributed by atoms with E-state index in [1.165, 1.54) is 44.2 Å². The number of nitrogens with one attached hydrogen (secondary N) is 1. The zero-order valence-corrected chi connectivity index (χ0v) is 17.7. The van der Waals surface area contributed by atoms with Gasteiger partial charge in [-0.1, -0.05) is 37.0 Å². The first-order valence-corrected chi connectivity index (χ1v) is 11.5. The zero-order chi connectivity index (χ0) is 20.2. The number of nitrogens with zero attached hydrogens (tertiary/aromatic N) is 2. The molecule has 1 aromatic carbocycles. The summed E-state index contributed by atoms with van der Waals surface area (Å²) < 4.78 is 0. The number of likely N-dealkylation sites (tertiary alicyclic amines) is 1. The molecule has 1 atom stereocenters. The summed E-state index contributed by atoms with van der Waals surface area (Å²) >= 11 is 0. The number of benzene rings is 1. The maximum Gasteiger partial charge on any atom is 0.227 e. The molecule has 1 saturated carbocycles. The average molecular weight is 398 g/mol. The molecule has 1 aromatic rings. The number of carbonyl (C=O) groups is 2. The van der Waals surface area contributed by atoms with Crippen LogP contribution in [0.5, 0.6) is 0 Å². The van der Waals surface area contributed by atoms with Crippen LogP contribution in [-0.4, -0.2) is 48.9 Å². The van der Waals surface area contributed by atoms with Crippen molar-refractivity contribution >= 4 is 17.5 Å². The van der Waals surface area contributed by atoms with E-state index in [4.69, 9.17) is 0 Å². The van der Waals surface area contributed by atoms with Gasteiger partial charge in [0.1, 0.15) is 0 Å². The molecule has 158 valence electrons. The quantitative estimate of drug-likeness (QED) is 0.827. The second-order valence-corrected chi connectivity index (χ2v) is 9.33. The fourth-order valence-corrected chi connectivity index (χ4v) is 5.17. The van der Waals surface area contributed by atoms with Crippen LogP contribution in [0.25, 0.3) is 0 Å². The number of piperidine rings is 1. The van der Waals surface area contributed by atoms with E-state index >= 15 is 0 Å². The largest absolute Gasteiger partial charge is 0.353 e. The van der Waals surface area contributed by atoms with Gasteiger partial charge in [-0.25, -0.2) is 0 Å². The van der Waals surface area contributed by atoms with Crippen LogP contribution in [0.2, 0.25) is 0 Å². The molecular formula is C24H35N3O2. The van der Waals surface area contributed by atoms with Crippen LogP contribution in [0.15, 0.2) is 24.3 Å². The molecule has 5 heteroatoms. The van der Waals surface area contributed by atoms with Gasteiger partial charge in [-0.15, -0.1) is 0 Å². The van der Waals surface area contributed by atoms with E-state index in [0.29, 0.717) is 13.0 Å². The van der Waals surface area contributed by atoms with Gasteiger partial charge in [-0.3, -0.25) is 9.59 Å². The molecule has 2 saturated heterocycles. The SMILES string of the molecule is Cc1ccc(N2CC(C(=O)NC3CCN(CC4CCCCC4)CC3)CC2=O)cc1. The summed E-state index contributed by atoms with van der Waals surface area (Å²) in [5.74, 6) is 0.756. The Morgan fingerprint density at radius 1 is 1.03 bits per heavy atom. The van der Waals surface area contributed by atoms with Gasteiger partial charge < -0.3 is 15.1 Å². The van der Waals surface area contributed by atoms with Crippen LogP contribution in [0, 0.1) is 18.8 Å². The molecule has 0 radical (unpaired) electrons. The Morgan fingerprint density at radius 2 is 1.72 bits per heavy atom. The van der Waals surface area contributed by atoms with E-state index in [1.807, 2.05) is 31.2 Å². The Bertz CT molecular complexity index is 703. The van der Waals surface area contributed by atoms with Crippen molar-refractivity contribution in [2.45, 2.75) is 64.3 Å². The molecule has 1 unspecified atom stereocenters. The molecule has 2 heterocycles. The number of aryl methyl sites for hydroxylation is 1. The van der Waals surface area contributed by atoms with Crippen LogP contribution in [0.3, 0.4) is 0 Å². The summed E-state index contributed by atoms with van der Waals surface area (Å²) in [7, 11) is 0. The monoisotopic (exact) mass is 397 g/mol. The predicted molar refractivity (Wildman–Crippen MR) is 116 cm³/mol. The minimum absolute atomic E-state index is 0.0521. The Kier molecular flexibility index (Phi) is 6.53. The van der Waals surface area contributed by atoms with Crippen LogP contribution < -0.4 is 10.2 Å². The van der Waals surface area contributed by atoms with Crippen LogP contribution >= 0.6 is 0 Å². The maximum atomic E-state index is 12.8. The first-order chi connectivity index (χ1) is 14.1. The van der Waals surface area contributed by atoms with E-state index in [1.54, 1.807) is 4.90 Å². The highest BCUT2D eigenvalue weighted by Crippen LogP contribution is 2.27. The Balaban J connectivity index is 1.23. The molecule has 0 aromatic heterocycles. The van der Waals surface area contributed by atoms with Gasteiger partial charge in [0.2, 0.25) is 11.8 Å². The molecule has 4 rings (SSSR count). The lowest BCUT2D eigenvalue weighted by Crippen LogP contribution is -2.47. The third-order valence-corrected chi connectivity index (χ3v) is 7.02. The summed E-state index contributed by atoms with van der Waals surface area (Å²) in [6.07, 6.45) is 9.37. The molecule has 0 spiro atoms. The zero-order valence-electron chi connectivity index (χ0n) is 17.7. The number of rotatable bonds is 5. The highest BCUT2D eigenvalue weighted by Gasteiger charge is 2.36. The molecule has 2 aliphatic heterocycles. The van der Waals surface area contributed by atoms with Crippen LogP contribution in [0.1, 0.15) is 56.9 Å².